The highest BCUT2D eigenvalue weighted by molar-refractivity contribution is 5.90. The summed E-state index contributed by atoms with van der Waals surface area (Å²) in [6, 6.07) is 9.02. The van der Waals surface area contributed by atoms with E-state index in [-0.39, 0.29) is 11.6 Å². The van der Waals surface area contributed by atoms with Crippen LogP contribution in [0.4, 0.5) is 5.69 Å². The van der Waals surface area contributed by atoms with Crippen LogP contribution in [0, 0.1) is 5.92 Å². The van der Waals surface area contributed by atoms with Gasteiger partial charge in [-0.15, -0.1) is 0 Å². The zero-order chi connectivity index (χ0) is 18.4. The van der Waals surface area contributed by atoms with Crippen molar-refractivity contribution in [3.05, 3.63) is 42.2 Å². The van der Waals surface area contributed by atoms with Crippen LogP contribution in [0.2, 0.25) is 0 Å². The molecule has 26 heavy (non-hydrogen) atoms. The van der Waals surface area contributed by atoms with Crippen molar-refractivity contribution in [2.75, 3.05) is 11.9 Å². The number of benzene rings is 1. The Kier molecular flexibility index (Phi) is 6.04. The summed E-state index contributed by atoms with van der Waals surface area (Å²) >= 11 is 0. The molecule has 0 bridgehead atoms. The summed E-state index contributed by atoms with van der Waals surface area (Å²) in [7, 11) is 0. The van der Waals surface area contributed by atoms with Gasteiger partial charge in [0.15, 0.2) is 5.69 Å². The van der Waals surface area contributed by atoms with Crippen molar-refractivity contribution in [3.8, 4) is 5.69 Å². The predicted molar refractivity (Wildman–Crippen MR) is 99.3 cm³/mol. The summed E-state index contributed by atoms with van der Waals surface area (Å²) in [6.07, 6.45) is 8.40. The molecule has 1 saturated carbocycles. The molecule has 0 spiro atoms. The smallest absolute Gasteiger partial charge is 0.358 e. The predicted octanol–water partition coefficient (Wildman–Crippen LogP) is 3.96. The van der Waals surface area contributed by atoms with Crippen molar-refractivity contribution in [2.24, 2.45) is 5.92 Å². The molecule has 1 aliphatic carbocycles. The van der Waals surface area contributed by atoms with Crippen LogP contribution >= 0.6 is 0 Å². The van der Waals surface area contributed by atoms with Crippen LogP contribution in [0.1, 0.15) is 55.9 Å². The second-order valence-electron chi connectivity index (χ2n) is 6.65. The van der Waals surface area contributed by atoms with E-state index in [1.165, 1.54) is 25.7 Å². The number of ether oxygens (including phenoxy) is 1. The molecule has 1 fully saturated rings. The summed E-state index contributed by atoms with van der Waals surface area (Å²) in [5.41, 5.74) is 1.85. The Bertz CT molecular complexity index is 746. The molecule has 1 aromatic heterocycles. The van der Waals surface area contributed by atoms with Crippen LogP contribution in [-0.4, -0.2) is 28.3 Å². The maximum atomic E-state index is 12.1. The molecule has 0 radical (unpaired) electrons. The molecular weight excluding hydrogens is 330 g/mol. The minimum absolute atomic E-state index is 0.0633. The number of carbonyl (C=O) groups is 2. The Morgan fingerprint density at radius 2 is 1.92 bits per heavy atom. The van der Waals surface area contributed by atoms with Crippen molar-refractivity contribution in [1.29, 1.82) is 0 Å². The highest BCUT2D eigenvalue weighted by Gasteiger charge is 2.16. The van der Waals surface area contributed by atoms with Crippen LogP contribution in [0.15, 0.2) is 36.5 Å². The van der Waals surface area contributed by atoms with E-state index in [9.17, 15) is 9.59 Å². The first-order chi connectivity index (χ1) is 12.7. The number of hydrogen-bond acceptors (Lipinski definition) is 4. The van der Waals surface area contributed by atoms with Gasteiger partial charge in [-0.25, -0.2) is 9.48 Å². The fourth-order valence-electron chi connectivity index (χ4n) is 3.34. The third-order valence-corrected chi connectivity index (χ3v) is 4.74. The topological polar surface area (TPSA) is 73.2 Å². The van der Waals surface area contributed by atoms with Gasteiger partial charge >= 0.3 is 5.97 Å². The van der Waals surface area contributed by atoms with Crippen molar-refractivity contribution in [1.82, 2.24) is 9.78 Å². The van der Waals surface area contributed by atoms with Crippen molar-refractivity contribution in [3.63, 3.8) is 0 Å². The van der Waals surface area contributed by atoms with Crippen molar-refractivity contribution < 1.29 is 14.3 Å². The lowest BCUT2D eigenvalue weighted by Crippen LogP contribution is -2.12. The Labute approximate surface area is 153 Å². The molecule has 6 heteroatoms. The van der Waals surface area contributed by atoms with Gasteiger partial charge in [-0.1, -0.05) is 25.7 Å². The first kappa shape index (κ1) is 18.2. The average molecular weight is 355 g/mol. The number of carbonyl (C=O) groups excluding carboxylic acids is 2. The molecular formula is C20H25N3O3. The van der Waals surface area contributed by atoms with E-state index in [4.69, 9.17) is 4.74 Å². The Balaban J connectivity index is 1.54. The Morgan fingerprint density at radius 3 is 2.62 bits per heavy atom. The van der Waals surface area contributed by atoms with Gasteiger partial charge < -0.3 is 10.1 Å². The van der Waals surface area contributed by atoms with Crippen LogP contribution < -0.4 is 5.32 Å². The highest BCUT2D eigenvalue weighted by atomic mass is 16.5. The molecule has 2 aromatic rings. The van der Waals surface area contributed by atoms with Gasteiger partial charge in [0.1, 0.15) is 0 Å². The molecule has 0 aliphatic heterocycles. The van der Waals surface area contributed by atoms with E-state index < -0.39 is 5.97 Å². The maximum absolute atomic E-state index is 12.1. The Hall–Kier alpha value is -2.63. The molecule has 6 nitrogen and oxygen atoms in total. The summed E-state index contributed by atoms with van der Waals surface area (Å²) < 4.78 is 6.55. The largest absolute Gasteiger partial charge is 0.461 e. The molecule has 0 atom stereocenters. The van der Waals surface area contributed by atoms with E-state index in [2.05, 4.69) is 10.4 Å². The molecule has 1 heterocycles. The first-order valence-corrected chi connectivity index (χ1v) is 9.29. The number of esters is 1. The summed E-state index contributed by atoms with van der Waals surface area (Å²) in [4.78, 5) is 23.8. The van der Waals surface area contributed by atoms with E-state index in [0.717, 1.165) is 23.7 Å². The summed E-state index contributed by atoms with van der Waals surface area (Å²) in [6.45, 7) is 2.08. The molecule has 1 aromatic carbocycles. The Morgan fingerprint density at radius 1 is 1.19 bits per heavy atom. The molecule has 3 rings (SSSR count). The number of amides is 1. The summed E-state index contributed by atoms with van der Waals surface area (Å²) in [5.74, 6) is 0.349. The second kappa shape index (κ2) is 8.65. The van der Waals surface area contributed by atoms with Crippen molar-refractivity contribution in [2.45, 2.75) is 45.4 Å². The lowest BCUT2D eigenvalue weighted by molar-refractivity contribution is -0.116. The normalized spacial score (nSPS) is 14.3. The molecule has 1 aliphatic rings. The number of nitrogens with one attached hydrogen (secondary N) is 1. The molecule has 1 amide bonds. The van der Waals surface area contributed by atoms with E-state index in [0.29, 0.717) is 13.0 Å². The third kappa shape index (κ3) is 4.71. The third-order valence-electron chi connectivity index (χ3n) is 4.74. The fourth-order valence-corrected chi connectivity index (χ4v) is 3.34. The lowest BCUT2D eigenvalue weighted by Gasteiger charge is -2.09. The average Bonchev–Trinajstić information content (AvgIpc) is 3.33. The maximum Gasteiger partial charge on any atom is 0.358 e. The van der Waals surface area contributed by atoms with Gasteiger partial charge in [-0.2, -0.15) is 5.10 Å². The second-order valence-corrected chi connectivity index (χ2v) is 6.65. The standard InChI is InChI=1S/C20H25N3O3/c1-2-26-20(25)18-13-14-23(22-18)17-10-8-16(9-11-17)21-19(24)12-7-15-5-3-4-6-15/h8-11,13-15H,2-7,12H2,1H3,(H,21,24). The highest BCUT2D eigenvalue weighted by Crippen LogP contribution is 2.28. The zero-order valence-corrected chi connectivity index (χ0v) is 15.1. The number of aromatic nitrogens is 2. The van der Waals surface area contributed by atoms with Crippen molar-refractivity contribution >= 4 is 17.6 Å². The fraction of sp³-hybridized carbons (Fsp3) is 0.450. The van der Waals surface area contributed by atoms with Gasteiger partial charge in [0, 0.05) is 18.3 Å². The SMILES string of the molecule is CCOC(=O)c1ccn(-c2ccc(NC(=O)CCC3CCCC3)cc2)n1. The number of rotatable bonds is 7. The molecule has 0 saturated heterocycles. The van der Waals surface area contributed by atoms with Crippen LogP contribution in [0.3, 0.4) is 0 Å². The number of nitrogens with zero attached hydrogens (tertiary/aromatic N) is 2. The number of hydrogen-bond donors (Lipinski definition) is 1. The van der Waals surface area contributed by atoms with Crippen LogP contribution in [0.25, 0.3) is 5.69 Å². The van der Waals surface area contributed by atoms with Gasteiger partial charge in [-0.3, -0.25) is 4.79 Å². The van der Waals surface area contributed by atoms with E-state index in [1.807, 2.05) is 24.3 Å². The molecule has 138 valence electrons. The van der Waals surface area contributed by atoms with E-state index in [1.54, 1.807) is 23.9 Å². The minimum Gasteiger partial charge on any atom is -0.461 e. The van der Waals surface area contributed by atoms with Crippen LogP contribution in [0.5, 0.6) is 0 Å². The quantitative estimate of drug-likeness (QED) is 0.763. The molecule has 0 unspecified atom stereocenters. The van der Waals surface area contributed by atoms with Gasteiger partial charge in [0.25, 0.3) is 0 Å². The van der Waals surface area contributed by atoms with E-state index >= 15 is 0 Å². The summed E-state index contributed by atoms with van der Waals surface area (Å²) in [5, 5.41) is 7.16. The first-order valence-electron chi connectivity index (χ1n) is 9.29. The lowest BCUT2D eigenvalue weighted by atomic mass is 10.0. The van der Waals surface area contributed by atoms with Crippen LogP contribution in [-0.2, 0) is 9.53 Å². The number of anilines is 1. The van der Waals surface area contributed by atoms with Gasteiger partial charge in [0.05, 0.1) is 12.3 Å². The zero-order valence-electron chi connectivity index (χ0n) is 15.1. The molecule has 1 N–H and O–H groups in total. The van der Waals surface area contributed by atoms with Gasteiger partial charge in [0.2, 0.25) is 5.91 Å². The minimum atomic E-state index is -0.433. The monoisotopic (exact) mass is 355 g/mol. The van der Waals surface area contributed by atoms with Gasteiger partial charge in [-0.05, 0) is 49.6 Å².